The first-order valence-corrected chi connectivity index (χ1v) is 10.5. The van der Waals surface area contributed by atoms with Crippen LogP contribution in [0.2, 0.25) is 0 Å². The molecule has 2 aromatic rings. The third-order valence-electron chi connectivity index (χ3n) is 6.75. The average molecular weight is 405 g/mol. The Morgan fingerprint density at radius 1 is 1.07 bits per heavy atom. The van der Waals surface area contributed by atoms with Crippen LogP contribution in [0, 0.1) is 20.8 Å². The summed E-state index contributed by atoms with van der Waals surface area (Å²) in [7, 11) is 0. The number of carbonyl (C=O) groups is 3. The first-order chi connectivity index (χ1) is 14.1. The number of nitrogens with zero attached hydrogens (tertiary/aromatic N) is 1. The number of carbonyl (C=O) groups excluding carboxylic acids is 3. The van der Waals surface area contributed by atoms with E-state index in [0.29, 0.717) is 5.56 Å². The number of hydrogen-bond acceptors (Lipinski definition) is 3. The van der Waals surface area contributed by atoms with Gasteiger partial charge in [0.15, 0.2) is 5.78 Å². The van der Waals surface area contributed by atoms with Gasteiger partial charge in [0.2, 0.25) is 0 Å². The lowest BCUT2D eigenvalue weighted by molar-refractivity contribution is -0.131. The number of fused-ring (bicyclic) bond motifs is 1. The predicted octanol–water partition coefficient (Wildman–Crippen LogP) is 4.27. The quantitative estimate of drug-likeness (QED) is 0.611. The molecule has 2 aromatic carbocycles. The van der Waals surface area contributed by atoms with Gasteiger partial charge in [0.25, 0.3) is 5.91 Å². The van der Waals surface area contributed by atoms with Gasteiger partial charge >= 0.3 is 6.03 Å². The van der Waals surface area contributed by atoms with Gasteiger partial charge in [0, 0.05) is 5.56 Å². The van der Waals surface area contributed by atoms with Gasteiger partial charge in [-0.25, -0.2) is 4.79 Å². The van der Waals surface area contributed by atoms with Crippen LogP contribution in [0.5, 0.6) is 0 Å². The number of Topliss-reactive ketones (excluding diaryl/α,β-unsaturated/α-hetero) is 1. The summed E-state index contributed by atoms with van der Waals surface area (Å²) in [5.41, 5.74) is 6.60. The molecule has 1 heterocycles. The van der Waals surface area contributed by atoms with E-state index in [4.69, 9.17) is 0 Å². The fraction of sp³-hybridized carbons (Fsp3) is 0.400. The van der Waals surface area contributed by atoms with E-state index in [0.717, 1.165) is 47.1 Å². The first-order valence-electron chi connectivity index (χ1n) is 10.5. The summed E-state index contributed by atoms with van der Waals surface area (Å²) in [4.78, 5) is 39.7. The Kier molecular flexibility index (Phi) is 4.80. The zero-order chi connectivity index (χ0) is 21.8. The van der Waals surface area contributed by atoms with Crippen molar-refractivity contribution in [2.24, 2.45) is 0 Å². The van der Waals surface area contributed by atoms with Gasteiger partial charge in [-0.3, -0.25) is 14.5 Å². The summed E-state index contributed by atoms with van der Waals surface area (Å²) >= 11 is 0. The number of urea groups is 1. The summed E-state index contributed by atoms with van der Waals surface area (Å²) in [6, 6.07) is 7.67. The van der Waals surface area contributed by atoms with Gasteiger partial charge in [-0.15, -0.1) is 0 Å². The zero-order valence-electron chi connectivity index (χ0n) is 18.3. The second kappa shape index (κ2) is 7.08. The highest BCUT2D eigenvalue weighted by Gasteiger charge is 2.49. The Bertz CT molecular complexity index is 1100. The number of rotatable bonds is 4. The predicted molar refractivity (Wildman–Crippen MR) is 116 cm³/mol. The van der Waals surface area contributed by atoms with Crippen LogP contribution >= 0.6 is 0 Å². The Morgan fingerprint density at radius 2 is 1.77 bits per heavy atom. The first kappa shape index (κ1) is 20.3. The second-order valence-corrected chi connectivity index (χ2v) is 8.83. The molecule has 4 rings (SSSR count). The maximum atomic E-state index is 13.4. The van der Waals surface area contributed by atoms with Gasteiger partial charge in [0.05, 0.1) is 6.54 Å². The van der Waals surface area contributed by atoms with Crippen LogP contribution < -0.4 is 5.32 Å². The number of aryl methyl sites for hydroxylation is 4. The molecule has 1 atom stereocenters. The maximum Gasteiger partial charge on any atom is 0.325 e. The highest BCUT2D eigenvalue weighted by molar-refractivity contribution is 6.07. The summed E-state index contributed by atoms with van der Waals surface area (Å²) in [5.74, 6) is -0.263. The van der Waals surface area contributed by atoms with E-state index in [-0.39, 0.29) is 18.2 Å². The standard InChI is InChI=1S/C25H28N2O3/c1-14-11-15(2)22(17(4)28)16(3)21(14)13-27-23(29)25(5,26-24(27)30)20-10-9-18-7-6-8-19(18)12-20/h9-12H,6-8,13H2,1-5H3,(H,26,30). The molecule has 2 aliphatic rings. The van der Waals surface area contributed by atoms with Crippen LogP contribution in [0.1, 0.15) is 69.6 Å². The number of ketones is 1. The Hall–Kier alpha value is -2.95. The molecule has 0 spiro atoms. The fourth-order valence-corrected chi connectivity index (χ4v) is 5.09. The van der Waals surface area contributed by atoms with E-state index in [9.17, 15) is 14.4 Å². The highest BCUT2D eigenvalue weighted by Crippen LogP contribution is 2.34. The second-order valence-electron chi connectivity index (χ2n) is 8.83. The molecule has 5 heteroatoms. The fourth-order valence-electron chi connectivity index (χ4n) is 5.09. The normalized spacial score (nSPS) is 20.5. The lowest BCUT2D eigenvalue weighted by atomic mass is 9.89. The molecule has 1 unspecified atom stereocenters. The zero-order valence-corrected chi connectivity index (χ0v) is 18.3. The molecule has 5 nitrogen and oxygen atoms in total. The number of imide groups is 1. The third kappa shape index (κ3) is 3.04. The highest BCUT2D eigenvalue weighted by atomic mass is 16.2. The van der Waals surface area contributed by atoms with Crippen molar-refractivity contribution >= 4 is 17.7 Å². The Morgan fingerprint density at radius 3 is 2.47 bits per heavy atom. The van der Waals surface area contributed by atoms with Crippen molar-refractivity contribution in [1.29, 1.82) is 0 Å². The van der Waals surface area contributed by atoms with Crippen LogP contribution in [0.15, 0.2) is 24.3 Å². The van der Waals surface area contributed by atoms with Crippen molar-refractivity contribution in [3.05, 3.63) is 68.8 Å². The molecule has 30 heavy (non-hydrogen) atoms. The summed E-state index contributed by atoms with van der Waals surface area (Å²) in [5, 5.41) is 2.92. The molecule has 0 aromatic heterocycles. The number of nitrogens with one attached hydrogen (secondary N) is 1. The van der Waals surface area contributed by atoms with Gasteiger partial charge in [-0.05, 0) is 92.8 Å². The molecule has 1 fully saturated rings. The summed E-state index contributed by atoms with van der Waals surface area (Å²) in [6.45, 7) is 9.25. The maximum absolute atomic E-state index is 13.4. The van der Waals surface area contributed by atoms with E-state index >= 15 is 0 Å². The molecule has 1 aliphatic heterocycles. The molecule has 1 saturated heterocycles. The van der Waals surface area contributed by atoms with Gasteiger partial charge < -0.3 is 5.32 Å². The molecule has 0 bridgehead atoms. The van der Waals surface area contributed by atoms with Gasteiger partial charge in [0.1, 0.15) is 5.54 Å². The van der Waals surface area contributed by atoms with Crippen LogP contribution in [0.25, 0.3) is 0 Å². The van der Waals surface area contributed by atoms with Crippen molar-refractivity contribution in [3.8, 4) is 0 Å². The number of benzene rings is 2. The minimum atomic E-state index is -1.08. The Labute approximate surface area is 177 Å². The molecule has 0 saturated carbocycles. The van der Waals surface area contributed by atoms with Crippen LogP contribution in [0.4, 0.5) is 4.79 Å². The molecule has 0 radical (unpaired) electrons. The third-order valence-corrected chi connectivity index (χ3v) is 6.75. The van der Waals surface area contributed by atoms with Crippen molar-refractivity contribution in [2.45, 2.75) is 66.0 Å². The van der Waals surface area contributed by atoms with Crippen LogP contribution in [-0.4, -0.2) is 22.6 Å². The van der Waals surface area contributed by atoms with Gasteiger partial charge in [-0.2, -0.15) is 0 Å². The molecule has 156 valence electrons. The topological polar surface area (TPSA) is 66.5 Å². The Balaban J connectivity index is 1.69. The number of hydrogen-bond donors (Lipinski definition) is 1. The van der Waals surface area contributed by atoms with E-state index in [1.165, 1.54) is 16.0 Å². The summed E-state index contributed by atoms with van der Waals surface area (Å²) in [6.07, 6.45) is 3.22. The van der Waals surface area contributed by atoms with Crippen LogP contribution in [-0.2, 0) is 29.7 Å². The van der Waals surface area contributed by atoms with E-state index in [1.807, 2.05) is 32.9 Å². The average Bonchev–Trinajstić information content (AvgIpc) is 3.22. The van der Waals surface area contributed by atoms with Gasteiger partial charge in [-0.1, -0.05) is 24.3 Å². The van der Waals surface area contributed by atoms with Crippen molar-refractivity contribution in [3.63, 3.8) is 0 Å². The van der Waals surface area contributed by atoms with Crippen molar-refractivity contribution < 1.29 is 14.4 Å². The lowest BCUT2D eigenvalue weighted by Crippen LogP contribution is -2.41. The monoisotopic (exact) mass is 404 g/mol. The van der Waals surface area contributed by atoms with Crippen molar-refractivity contribution in [2.75, 3.05) is 0 Å². The molecule has 3 amide bonds. The van der Waals surface area contributed by atoms with E-state index in [2.05, 4.69) is 17.4 Å². The van der Waals surface area contributed by atoms with E-state index < -0.39 is 11.6 Å². The molecule has 1 N–H and O–H groups in total. The van der Waals surface area contributed by atoms with Crippen molar-refractivity contribution in [1.82, 2.24) is 10.2 Å². The minimum absolute atomic E-state index is 0.00794. The largest absolute Gasteiger partial charge is 0.325 e. The summed E-state index contributed by atoms with van der Waals surface area (Å²) < 4.78 is 0. The lowest BCUT2D eigenvalue weighted by Gasteiger charge is -2.24. The SMILES string of the molecule is CC(=O)c1c(C)cc(C)c(CN2C(=O)NC(C)(c3ccc4c(c3)CCC4)C2=O)c1C. The molecule has 1 aliphatic carbocycles. The van der Waals surface area contributed by atoms with Crippen LogP contribution in [0.3, 0.4) is 0 Å². The molecular weight excluding hydrogens is 376 g/mol. The van der Waals surface area contributed by atoms with E-state index in [1.54, 1.807) is 13.8 Å². The molecular formula is C25H28N2O3. The number of amides is 3. The minimum Gasteiger partial charge on any atom is -0.319 e. The smallest absolute Gasteiger partial charge is 0.319 e.